The van der Waals surface area contributed by atoms with Gasteiger partial charge in [-0.3, -0.25) is 9.38 Å². The van der Waals surface area contributed by atoms with E-state index < -0.39 is 0 Å². The molecular formula is C21H24N3O+. The van der Waals surface area contributed by atoms with Crippen molar-refractivity contribution in [2.24, 2.45) is 0 Å². The summed E-state index contributed by atoms with van der Waals surface area (Å²) in [6, 6.07) is 8.44. The highest BCUT2D eigenvalue weighted by Gasteiger charge is 2.42. The molecule has 0 aliphatic carbocycles. The molecule has 4 nitrogen and oxygen atoms in total. The minimum absolute atomic E-state index is 0.408. The fraction of sp³-hybridized carbons (Fsp3) is 0.381. The second kappa shape index (κ2) is 5.33. The van der Waals surface area contributed by atoms with Gasteiger partial charge in [-0.15, -0.1) is 0 Å². The molecule has 3 aromatic rings. The number of rotatable bonds is 1. The Kier molecular flexibility index (Phi) is 3.19. The Bertz CT molecular complexity index is 981. The quantitative estimate of drug-likeness (QED) is 0.591. The molecule has 0 amide bonds. The molecule has 1 aromatic carbocycles. The lowest BCUT2D eigenvalue weighted by Crippen LogP contribution is -2.55. The topological polar surface area (TPSA) is 29.3 Å². The van der Waals surface area contributed by atoms with Gasteiger partial charge in [-0.1, -0.05) is 12.1 Å². The lowest BCUT2D eigenvalue weighted by atomic mass is 10.1. The van der Waals surface area contributed by atoms with Gasteiger partial charge in [0.25, 0.3) is 0 Å². The average Bonchev–Trinajstić information content (AvgIpc) is 3.15. The third kappa shape index (κ3) is 2.07. The molecule has 5 rings (SSSR count). The minimum Gasteiger partial charge on any atom is -0.435 e. The maximum atomic E-state index is 6.21. The number of benzene rings is 1. The van der Waals surface area contributed by atoms with Crippen molar-refractivity contribution in [3.63, 3.8) is 0 Å². The molecule has 1 unspecified atom stereocenters. The van der Waals surface area contributed by atoms with Crippen LogP contribution >= 0.6 is 0 Å². The molecule has 0 saturated carbocycles. The number of pyridine rings is 1. The molecule has 25 heavy (non-hydrogen) atoms. The SMILES string of the molecule is Cc1ccc2c(oc3ncccc32)c1N1C=C[N+]2(CCCCC2)C1C. The smallest absolute Gasteiger partial charge is 0.227 e. The van der Waals surface area contributed by atoms with E-state index in [4.69, 9.17) is 4.42 Å². The number of anilines is 1. The lowest BCUT2D eigenvalue weighted by Gasteiger charge is -2.41. The van der Waals surface area contributed by atoms with Crippen molar-refractivity contribution in [3.05, 3.63) is 48.4 Å². The molecule has 1 spiro atoms. The number of quaternary nitrogens is 1. The summed E-state index contributed by atoms with van der Waals surface area (Å²) in [6.07, 6.45) is 10.9. The normalized spacial score (nSPS) is 22.5. The van der Waals surface area contributed by atoms with Gasteiger partial charge in [0.15, 0.2) is 11.7 Å². The number of piperidine rings is 1. The Morgan fingerprint density at radius 3 is 2.80 bits per heavy atom. The summed E-state index contributed by atoms with van der Waals surface area (Å²) in [5.74, 6) is 0. The van der Waals surface area contributed by atoms with E-state index in [0.717, 1.165) is 26.6 Å². The van der Waals surface area contributed by atoms with Crippen molar-refractivity contribution in [2.75, 3.05) is 18.0 Å². The summed E-state index contributed by atoms with van der Waals surface area (Å²) in [7, 11) is 0. The van der Waals surface area contributed by atoms with Crippen molar-refractivity contribution in [1.82, 2.24) is 4.98 Å². The van der Waals surface area contributed by atoms with Gasteiger partial charge in [0.05, 0.1) is 25.0 Å². The van der Waals surface area contributed by atoms with E-state index in [0.29, 0.717) is 6.17 Å². The maximum absolute atomic E-state index is 6.21. The molecule has 0 N–H and O–H groups in total. The Balaban J connectivity index is 1.68. The zero-order valence-corrected chi connectivity index (χ0v) is 14.9. The molecule has 2 aliphatic rings. The summed E-state index contributed by atoms with van der Waals surface area (Å²) in [5.41, 5.74) is 4.13. The van der Waals surface area contributed by atoms with Crippen LogP contribution in [0.5, 0.6) is 0 Å². The Morgan fingerprint density at radius 1 is 1.12 bits per heavy atom. The first-order valence-electron chi connectivity index (χ1n) is 9.31. The van der Waals surface area contributed by atoms with Crippen molar-refractivity contribution in [3.8, 4) is 0 Å². The highest BCUT2D eigenvalue weighted by Crippen LogP contribution is 2.41. The predicted octanol–water partition coefficient (Wildman–Crippen LogP) is 4.93. The fourth-order valence-electron chi connectivity index (χ4n) is 4.67. The predicted molar refractivity (Wildman–Crippen MR) is 101 cm³/mol. The highest BCUT2D eigenvalue weighted by molar-refractivity contribution is 6.08. The molecular weight excluding hydrogens is 310 g/mol. The molecule has 128 valence electrons. The Labute approximate surface area is 147 Å². The van der Waals surface area contributed by atoms with Crippen LogP contribution < -0.4 is 4.90 Å². The Morgan fingerprint density at radius 2 is 1.96 bits per heavy atom. The maximum Gasteiger partial charge on any atom is 0.227 e. The number of furan rings is 1. The third-order valence-corrected chi connectivity index (χ3v) is 6.17. The van der Waals surface area contributed by atoms with Crippen molar-refractivity contribution in [2.45, 2.75) is 39.3 Å². The number of hydrogen-bond donors (Lipinski definition) is 0. The lowest BCUT2D eigenvalue weighted by molar-refractivity contribution is -0.900. The zero-order valence-electron chi connectivity index (χ0n) is 14.9. The van der Waals surface area contributed by atoms with Crippen LogP contribution in [-0.2, 0) is 0 Å². The van der Waals surface area contributed by atoms with Crippen LogP contribution in [-0.4, -0.2) is 28.7 Å². The van der Waals surface area contributed by atoms with Crippen LogP contribution in [0, 0.1) is 6.92 Å². The van der Waals surface area contributed by atoms with Gasteiger partial charge in [0.1, 0.15) is 6.20 Å². The molecule has 4 heteroatoms. The van der Waals surface area contributed by atoms with E-state index in [2.05, 4.69) is 54.3 Å². The number of aromatic nitrogens is 1. The van der Waals surface area contributed by atoms with Crippen molar-refractivity contribution >= 4 is 27.8 Å². The van der Waals surface area contributed by atoms with Gasteiger partial charge >= 0.3 is 0 Å². The van der Waals surface area contributed by atoms with Crippen LogP contribution in [0.1, 0.15) is 31.7 Å². The zero-order chi connectivity index (χ0) is 17.0. The van der Waals surface area contributed by atoms with Crippen LogP contribution in [0.4, 0.5) is 5.69 Å². The van der Waals surface area contributed by atoms with E-state index in [9.17, 15) is 0 Å². The number of aryl methyl sites for hydroxylation is 1. The van der Waals surface area contributed by atoms with E-state index in [1.807, 2.05) is 6.07 Å². The third-order valence-electron chi connectivity index (χ3n) is 6.17. The molecule has 2 aromatic heterocycles. The second-order valence-electron chi connectivity index (χ2n) is 7.51. The average molecular weight is 334 g/mol. The second-order valence-corrected chi connectivity index (χ2v) is 7.51. The first-order valence-corrected chi connectivity index (χ1v) is 9.31. The number of nitrogens with zero attached hydrogens (tertiary/aromatic N) is 3. The van der Waals surface area contributed by atoms with Crippen molar-refractivity contribution < 1.29 is 8.90 Å². The summed E-state index contributed by atoms with van der Waals surface area (Å²) < 4.78 is 7.28. The van der Waals surface area contributed by atoms with Crippen LogP contribution in [0.15, 0.2) is 47.3 Å². The van der Waals surface area contributed by atoms with Crippen molar-refractivity contribution in [1.29, 1.82) is 0 Å². The summed E-state index contributed by atoms with van der Waals surface area (Å²) >= 11 is 0. The van der Waals surface area contributed by atoms with E-state index >= 15 is 0 Å². The monoisotopic (exact) mass is 334 g/mol. The summed E-state index contributed by atoms with van der Waals surface area (Å²) in [4.78, 5) is 6.83. The molecule has 0 bridgehead atoms. The molecule has 0 radical (unpaired) electrons. The van der Waals surface area contributed by atoms with Crippen LogP contribution in [0.25, 0.3) is 22.1 Å². The Hall–Kier alpha value is -2.33. The van der Waals surface area contributed by atoms with Gasteiger partial charge in [0.2, 0.25) is 5.71 Å². The molecule has 1 fully saturated rings. The van der Waals surface area contributed by atoms with Crippen LogP contribution in [0.3, 0.4) is 0 Å². The van der Waals surface area contributed by atoms with Gasteiger partial charge in [-0.05, 0) is 43.9 Å². The molecule has 1 saturated heterocycles. The van der Waals surface area contributed by atoms with Gasteiger partial charge in [-0.2, -0.15) is 0 Å². The van der Waals surface area contributed by atoms with Gasteiger partial charge in [0, 0.05) is 23.9 Å². The van der Waals surface area contributed by atoms with Gasteiger partial charge < -0.3 is 4.42 Å². The molecule has 2 aliphatic heterocycles. The molecule has 1 atom stereocenters. The number of hydrogen-bond acceptors (Lipinski definition) is 3. The first-order chi connectivity index (χ1) is 12.2. The first kappa shape index (κ1) is 15.0. The summed E-state index contributed by atoms with van der Waals surface area (Å²) in [5, 5.41) is 2.25. The minimum atomic E-state index is 0.408. The fourth-order valence-corrected chi connectivity index (χ4v) is 4.67. The molecule has 4 heterocycles. The summed E-state index contributed by atoms with van der Waals surface area (Å²) in [6.45, 7) is 7.01. The number of fused-ring (bicyclic) bond motifs is 3. The van der Waals surface area contributed by atoms with Crippen LogP contribution in [0.2, 0.25) is 0 Å². The van der Waals surface area contributed by atoms with E-state index in [1.54, 1.807) is 6.20 Å². The van der Waals surface area contributed by atoms with E-state index in [-0.39, 0.29) is 0 Å². The highest BCUT2D eigenvalue weighted by atomic mass is 16.3. The van der Waals surface area contributed by atoms with E-state index in [1.165, 1.54) is 43.6 Å². The van der Waals surface area contributed by atoms with Gasteiger partial charge in [-0.25, -0.2) is 4.98 Å². The largest absolute Gasteiger partial charge is 0.435 e. The standard InChI is InChI=1S/C21H24N3O/c1-15-8-9-17-18-7-6-10-22-21(18)25-20(17)19(15)23-11-14-24(16(23)2)12-4-3-5-13-24/h6-11,14,16H,3-5,12-13H2,1-2H3/q+1.